The van der Waals surface area contributed by atoms with Crippen LogP contribution >= 0.6 is 0 Å². The third-order valence-electron chi connectivity index (χ3n) is 3.07. The summed E-state index contributed by atoms with van der Waals surface area (Å²) in [4.78, 5) is 30.6. The molecule has 2 N–H and O–H groups in total. The monoisotopic (exact) mass is 271 g/mol. The molecular formula is C15H17N3O2. The lowest BCUT2D eigenvalue weighted by molar-refractivity contribution is 0.102. The molecule has 20 heavy (non-hydrogen) atoms. The van der Waals surface area contributed by atoms with E-state index in [-0.39, 0.29) is 5.56 Å². The van der Waals surface area contributed by atoms with E-state index < -0.39 is 11.5 Å². The Morgan fingerprint density at radius 3 is 2.45 bits per heavy atom. The zero-order chi connectivity index (χ0) is 14.7. The van der Waals surface area contributed by atoms with Crippen molar-refractivity contribution in [2.24, 2.45) is 0 Å². The summed E-state index contributed by atoms with van der Waals surface area (Å²) in [7, 11) is 0. The summed E-state index contributed by atoms with van der Waals surface area (Å²) in [5, 5.41) is 2.71. The maximum Gasteiger partial charge on any atom is 0.264 e. The smallest absolute Gasteiger partial charge is 0.264 e. The summed E-state index contributed by atoms with van der Waals surface area (Å²) in [5.41, 5.74) is 1.90. The number of nitrogens with one attached hydrogen (secondary N) is 2. The van der Waals surface area contributed by atoms with Gasteiger partial charge < -0.3 is 10.3 Å². The van der Waals surface area contributed by atoms with Gasteiger partial charge in [-0.1, -0.05) is 19.1 Å². The Bertz CT molecular complexity index is 687. The molecule has 0 saturated heterocycles. The highest BCUT2D eigenvalue weighted by Gasteiger charge is 2.15. The molecule has 0 unspecified atom stereocenters. The third-order valence-corrected chi connectivity index (χ3v) is 3.07. The Balaban J connectivity index is 2.26. The number of nitrogens with zero attached hydrogens (tertiary/aromatic N) is 1. The standard InChI is InChI=1S/C15H17N3O2/c1-4-11-5-7-12(8-6-11)18-15(20)13-9(2)16-10(3)17-14(13)19/h5-8H,4H2,1-3H3,(H,18,20)(H,16,17,19). The number of benzene rings is 1. The number of H-pyrrole nitrogens is 1. The number of aromatic amines is 1. The van der Waals surface area contributed by atoms with Crippen LogP contribution in [0, 0.1) is 13.8 Å². The Morgan fingerprint density at radius 2 is 1.90 bits per heavy atom. The first-order valence-corrected chi connectivity index (χ1v) is 6.49. The van der Waals surface area contributed by atoms with Gasteiger partial charge in [0.25, 0.3) is 11.5 Å². The number of aromatic nitrogens is 2. The van der Waals surface area contributed by atoms with Gasteiger partial charge in [0.15, 0.2) is 0 Å². The molecule has 5 nitrogen and oxygen atoms in total. The molecule has 0 saturated carbocycles. The van der Waals surface area contributed by atoms with Crippen LogP contribution in [0.5, 0.6) is 0 Å². The highest BCUT2D eigenvalue weighted by atomic mass is 16.2. The van der Waals surface area contributed by atoms with E-state index in [2.05, 4.69) is 22.2 Å². The zero-order valence-electron chi connectivity index (χ0n) is 11.8. The summed E-state index contributed by atoms with van der Waals surface area (Å²) in [5.74, 6) is 0.0526. The van der Waals surface area contributed by atoms with Crippen LogP contribution in [0.2, 0.25) is 0 Å². The Morgan fingerprint density at radius 1 is 1.25 bits per heavy atom. The Kier molecular flexibility index (Phi) is 3.98. The number of amides is 1. The summed E-state index contributed by atoms with van der Waals surface area (Å²) in [6, 6.07) is 7.53. The number of hydrogen-bond acceptors (Lipinski definition) is 3. The summed E-state index contributed by atoms with van der Waals surface area (Å²) in [6.45, 7) is 5.39. The molecule has 0 atom stereocenters. The van der Waals surface area contributed by atoms with Gasteiger partial charge in [0, 0.05) is 5.69 Å². The predicted octanol–water partition coefficient (Wildman–Crippen LogP) is 2.20. The van der Waals surface area contributed by atoms with E-state index in [0.29, 0.717) is 17.2 Å². The molecule has 1 aromatic carbocycles. The fourth-order valence-electron chi connectivity index (χ4n) is 2.01. The minimum Gasteiger partial charge on any atom is -0.322 e. The summed E-state index contributed by atoms with van der Waals surface area (Å²) < 4.78 is 0. The average molecular weight is 271 g/mol. The van der Waals surface area contributed by atoms with Gasteiger partial charge in [-0.15, -0.1) is 0 Å². The van der Waals surface area contributed by atoms with E-state index in [9.17, 15) is 9.59 Å². The lowest BCUT2D eigenvalue weighted by Crippen LogP contribution is -2.26. The third kappa shape index (κ3) is 2.93. The van der Waals surface area contributed by atoms with E-state index in [0.717, 1.165) is 6.42 Å². The second kappa shape index (κ2) is 5.69. The second-order valence-corrected chi connectivity index (χ2v) is 4.62. The van der Waals surface area contributed by atoms with Crippen LogP contribution < -0.4 is 10.9 Å². The molecule has 0 aliphatic carbocycles. The van der Waals surface area contributed by atoms with Gasteiger partial charge in [-0.25, -0.2) is 4.98 Å². The fraction of sp³-hybridized carbons (Fsp3) is 0.267. The minimum absolute atomic E-state index is 0.0511. The first kappa shape index (κ1) is 14.0. The van der Waals surface area contributed by atoms with Crippen LogP contribution in [-0.4, -0.2) is 15.9 Å². The molecule has 5 heteroatoms. The molecule has 104 valence electrons. The van der Waals surface area contributed by atoms with E-state index in [1.807, 2.05) is 24.3 Å². The first-order chi connectivity index (χ1) is 9.51. The van der Waals surface area contributed by atoms with Crippen LogP contribution in [-0.2, 0) is 6.42 Å². The van der Waals surface area contributed by atoms with Crippen molar-refractivity contribution in [3.8, 4) is 0 Å². The van der Waals surface area contributed by atoms with Crippen molar-refractivity contribution < 1.29 is 4.79 Å². The quantitative estimate of drug-likeness (QED) is 0.898. The average Bonchev–Trinajstić information content (AvgIpc) is 2.38. The van der Waals surface area contributed by atoms with Crippen molar-refractivity contribution in [1.82, 2.24) is 9.97 Å². The highest BCUT2D eigenvalue weighted by Crippen LogP contribution is 2.11. The van der Waals surface area contributed by atoms with E-state index in [1.165, 1.54) is 5.56 Å². The SMILES string of the molecule is CCc1ccc(NC(=O)c2c(C)nc(C)[nH]c2=O)cc1. The van der Waals surface area contributed by atoms with Crippen molar-refractivity contribution >= 4 is 11.6 Å². The molecule has 0 bridgehead atoms. The molecule has 1 aromatic heterocycles. The largest absolute Gasteiger partial charge is 0.322 e. The number of rotatable bonds is 3. The van der Waals surface area contributed by atoms with Crippen LogP contribution in [0.1, 0.15) is 34.4 Å². The van der Waals surface area contributed by atoms with Crippen molar-refractivity contribution in [2.45, 2.75) is 27.2 Å². The molecule has 0 fully saturated rings. The topological polar surface area (TPSA) is 74.8 Å². The van der Waals surface area contributed by atoms with Crippen LogP contribution in [0.25, 0.3) is 0 Å². The summed E-state index contributed by atoms with van der Waals surface area (Å²) in [6.07, 6.45) is 0.939. The van der Waals surface area contributed by atoms with Gasteiger partial charge in [0.2, 0.25) is 0 Å². The lowest BCUT2D eigenvalue weighted by Gasteiger charge is -2.07. The van der Waals surface area contributed by atoms with Gasteiger partial charge in [-0.3, -0.25) is 9.59 Å². The second-order valence-electron chi connectivity index (χ2n) is 4.62. The summed E-state index contributed by atoms with van der Waals surface area (Å²) >= 11 is 0. The molecule has 0 radical (unpaired) electrons. The maximum absolute atomic E-state index is 12.2. The normalized spacial score (nSPS) is 10.3. The fourth-order valence-corrected chi connectivity index (χ4v) is 2.01. The van der Waals surface area contributed by atoms with Crippen molar-refractivity contribution in [2.75, 3.05) is 5.32 Å². The lowest BCUT2D eigenvalue weighted by atomic mass is 10.1. The Labute approximate surface area is 117 Å². The predicted molar refractivity (Wildman–Crippen MR) is 78.1 cm³/mol. The molecule has 0 spiro atoms. The van der Waals surface area contributed by atoms with E-state index in [1.54, 1.807) is 13.8 Å². The minimum atomic E-state index is -0.444. The maximum atomic E-state index is 12.2. The number of carbonyl (C=O) groups excluding carboxylic acids is 1. The van der Waals surface area contributed by atoms with Gasteiger partial charge >= 0.3 is 0 Å². The number of carbonyl (C=O) groups is 1. The molecule has 0 aliphatic rings. The number of hydrogen-bond donors (Lipinski definition) is 2. The molecule has 2 aromatic rings. The molecule has 1 amide bonds. The van der Waals surface area contributed by atoms with E-state index in [4.69, 9.17) is 0 Å². The molecule has 0 aliphatic heterocycles. The van der Waals surface area contributed by atoms with E-state index >= 15 is 0 Å². The van der Waals surface area contributed by atoms with Crippen molar-refractivity contribution in [3.63, 3.8) is 0 Å². The van der Waals surface area contributed by atoms with Crippen molar-refractivity contribution in [3.05, 3.63) is 57.3 Å². The van der Waals surface area contributed by atoms with Crippen LogP contribution in [0.3, 0.4) is 0 Å². The Hall–Kier alpha value is -2.43. The van der Waals surface area contributed by atoms with Crippen molar-refractivity contribution in [1.29, 1.82) is 0 Å². The molecule has 1 heterocycles. The van der Waals surface area contributed by atoms with Gasteiger partial charge in [-0.05, 0) is 38.0 Å². The highest BCUT2D eigenvalue weighted by molar-refractivity contribution is 6.04. The first-order valence-electron chi connectivity index (χ1n) is 6.49. The molecular weight excluding hydrogens is 254 g/mol. The number of aryl methyl sites for hydroxylation is 3. The van der Waals surface area contributed by atoms with Gasteiger partial charge in [0.1, 0.15) is 11.4 Å². The zero-order valence-corrected chi connectivity index (χ0v) is 11.8. The number of anilines is 1. The van der Waals surface area contributed by atoms with Gasteiger partial charge in [-0.2, -0.15) is 0 Å². The molecule has 2 rings (SSSR count). The van der Waals surface area contributed by atoms with Crippen LogP contribution in [0.4, 0.5) is 5.69 Å². The van der Waals surface area contributed by atoms with Crippen LogP contribution in [0.15, 0.2) is 29.1 Å². The van der Waals surface area contributed by atoms with Gasteiger partial charge in [0.05, 0.1) is 5.69 Å².